The van der Waals surface area contributed by atoms with Gasteiger partial charge < -0.3 is 15.4 Å². The fraction of sp³-hybridized carbons (Fsp3) is 0.944. The van der Waals surface area contributed by atoms with Crippen LogP contribution in [0.1, 0.15) is 71.6 Å². The molecule has 1 amide bonds. The van der Waals surface area contributed by atoms with E-state index in [-0.39, 0.29) is 17.9 Å². The van der Waals surface area contributed by atoms with Crippen LogP contribution in [-0.4, -0.2) is 38.3 Å². The normalized spacial score (nSPS) is 21.2. The third kappa shape index (κ3) is 8.14. The molecule has 1 aliphatic heterocycles. The minimum absolute atomic E-state index is 0.0122. The van der Waals surface area contributed by atoms with Crippen molar-refractivity contribution in [1.82, 2.24) is 10.6 Å². The maximum atomic E-state index is 12.2. The Hall–Kier alpha value is -0.610. The first kappa shape index (κ1) is 19.4. The van der Waals surface area contributed by atoms with Crippen molar-refractivity contribution in [3.05, 3.63) is 0 Å². The molecule has 0 aliphatic carbocycles. The highest BCUT2D eigenvalue weighted by atomic mass is 16.5. The van der Waals surface area contributed by atoms with Crippen LogP contribution in [-0.2, 0) is 9.53 Å². The summed E-state index contributed by atoms with van der Waals surface area (Å²) in [4.78, 5) is 12.2. The smallest absolute Gasteiger partial charge is 0.227 e. The molecule has 0 radical (unpaired) electrons. The van der Waals surface area contributed by atoms with Gasteiger partial charge in [0, 0.05) is 26.2 Å². The van der Waals surface area contributed by atoms with Gasteiger partial charge in [0.1, 0.15) is 0 Å². The van der Waals surface area contributed by atoms with Crippen molar-refractivity contribution in [3.8, 4) is 0 Å². The lowest BCUT2D eigenvalue weighted by molar-refractivity contribution is -0.128. The Morgan fingerprint density at radius 3 is 2.41 bits per heavy atom. The number of carbonyl (C=O) groups is 1. The number of hydrogen-bond donors (Lipinski definition) is 2. The third-order valence-corrected chi connectivity index (χ3v) is 4.40. The maximum absolute atomic E-state index is 12.2. The lowest BCUT2D eigenvalue weighted by atomic mass is 10.1. The molecule has 1 heterocycles. The highest BCUT2D eigenvalue weighted by Gasteiger charge is 2.33. The molecule has 2 N–H and O–H groups in total. The first-order chi connectivity index (χ1) is 10.8. The van der Waals surface area contributed by atoms with E-state index in [0.717, 1.165) is 39.1 Å². The van der Waals surface area contributed by atoms with Gasteiger partial charge in [-0.05, 0) is 12.8 Å². The second-order valence-electron chi connectivity index (χ2n) is 6.44. The molecular formula is C18H36N2O2. The second-order valence-corrected chi connectivity index (χ2v) is 6.44. The van der Waals surface area contributed by atoms with Gasteiger partial charge in [-0.2, -0.15) is 0 Å². The van der Waals surface area contributed by atoms with Crippen molar-refractivity contribution < 1.29 is 9.53 Å². The van der Waals surface area contributed by atoms with Gasteiger partial charge in [-0.3, -0.25) is 4.79 Å². The molecule has 2 atom stereocenters. The van der Waals surface area contributed by atoms with Crippen LogP contribution in [0.25, 0.3) is 0 Å². The van der Waals surface area contributed by atoms with Crippen LogP contribution in [0, 0.1) is 5.92 Å². The zero-order valence-electron chi connectivity index (χ0n) is 14.7. The monoisotopic (exact) mass is 312 g/mol. The first-order valence-electron chi connectivity index (χ1n) is 9.39. The molecule has 0 bridgehead atoms. The van der Waals surface area contributed by atoms with Gasteiger partial charge in [-0.25, -0.2) is 0 Å². The Labute approximate surface area is 136 Å². The molecule has 0 aromatic heterocycles. The van der Waals surface area contributed by atoms with Crippen LogP contribution < -0.4 is 10.6 Å². The van der Waals surface area contributed by atoms with E-state index in [1.807, 2.05) is 0 Å². The van der Waals surface area contributed by atoms with Crippen molar-refractivity contribution >= 4 is 5.91 Å². The van der Waals surface area contributed by atoms with Gasteiger partial charge in [0.15, 0.2) is 0 Å². The summed E-state index contributed by atoms with van der Waals surface area (Å²) < 4.78 is 5.94. The summed E-state index contributed by atoms with van der Waals surface area (Å²) >= 11 is 0. The quantitative estimate of drug-likeness (QED) is 0.513. The standard InChI is InChI=1S/C18H36N2O2/c1-3-5-7-9-11-13-22-17-15-19-14-16(17)18(21)20-12-10-8-6-4-2/h16-17,19H,3-15H2,1-2H3,(H,20,21)/t16-,17+/m1/s1. The van der Waals surface area contributed by atoms with Gasteiger partial charge in [0.25, 0.3) is 0 Å². The lowest BCUT2D eigenvalue weighted by Crippen LogP contribution is -2.38. The minimum atomic E-state index is -0.0122. The molecule has 1 rings (SSSR count). The fourth-order valence-corrected chi connectivity index (χ4v) is 2.93. The van der Waals surface area contributed by atoms with Crippen molar-refractivity contribution in [3.63, 3.8) is 0 Å². The summed E-state index contributed by atoms with van der Waals surface area (Å²) in [6.07, 6.45) is 11.1. The highest BCUT2D eigenvalue weighted by molar-refractivity contribution is 5.79. The molecule has 0 unspecified atom stereocenters. The Bertz CT molecular complexity index is 284. The van der Waals surface area contributed by atoms with Crippen molar-refractivity contribution in [2.24, 2.45) is 5.92 Å². The molecule has 0 aromatic carbocycles. The molecule has 1 aliphatic rings. The van der Waals surface area contributed by atoms with Crippen LogP contribution in [0.3, 0.4) is 0 Å². The third-order valence-electron chi connectivity index (χ3n) is 4.40. The van der Waals surface area contributed by atoms with Crippen LogP contribution in [0.4, 0.5) is 0 Å². The number of carbonyl (C=O) groups excluding carboxylic acids is 1. The zero-order valence-corrected chi connectivity index (χ0v) is 14.7. The number of hydrogen-bond acceptors (Lipinski definition) is 3. The van der Waals surface area contributed by atoms with Crippen LogP contribution in [0.15, 0.2) is 0 Å². The summed E-state index contributed by atoms with van der Waals surface area (Å²) in [5.41, 5.74) is 0. The number of rotatable bonds is 13. The van der Waals surface area contributed by atoms with E-state index in [1.54, 1.807) is 0 Å². The van der Waals surface area contributed by atoms with Crippen LogP contribution in [0.2, 0.25) is 0 Å². The Morgan fingerprint density at radius 2 is 1.68 bits per heavy atom. The van der Waals surface area contributed by atoms with Crippen molar-refractivity contribution in [2.75, 3.05) is 26.2 Å². The minimum Gasteiger partial charge on any atom is -0.376 e. The Kier molecular flexibility index (Phi) is 11.4. The SMILES string of the molecule is CCCCCCCO[C@H]1CNC[C@H]1C(=O)NCCCCCC. The van der Waals surface area contributed by atoms with Gasteiger partial charge in [-0.15, -0.1) is 0 Å². The zero-order chi connectivity index (χ0) is 16.0. The molecule has 4 heteroatoms. The van der Waals surface area contributed by atoms with Gasteiger partial charge in [-0.1, -0.05) is 58.8 Å². The topological polar surface area (TPSA) is 50.4 Å². The largest absolute Gasteiger partial charge is 0.376 e. The molecule has 22 heavy (non-hydrogen) atoms. The average molecular weight is 312 g/mol. The van der Waals surface area contributed by atoms with Gasteiger partial charge in [0.2, 0.25) is 5.91 Å². The van der Waals surface area contributed by atoms with E-state index in [4.69, 9.17) is 4.74 Å². The molecule has 0 aromatic rings. The molecule has 0 spiro atoms. The molecule has 0 saturated carbocycles. The van der Waals surface area contributed by atoms with E-state index in [0.29, 0.717) is 0 Å². The number of unbranched alkanes of at least 4 members (excludes halogenated alkanes) is 7. The summed E-state index contributed by atoms with van der Waals surface area (Å²) in [6.45, 7) is 7.58. The molecule has 1 fully saturated rings. The van der Waals surface area contributed by atoms with E-state index < -0.39 is 0 Å². The van der Waals surface area contributed by atoms with E-state index in [9.17, 15) is 4.79 Å². The predicted molar refractivity (Wildman–Crippen MR) is 92.0 cm³/mol. The highest BCUT2D eigenvalue weighted by Crippen LogP contribution is 2.14. The Balaban J connectivity index is 2.12. The summed E-state index contributed by atoms with van der Waals surface area (Å²) in [5.74, 6) is 0.152. The number of ether oxygens (including phenoxy) is 1. The molecule has 130 valence electrons. The number of nitrogens with one attached hydrogen (secondary N) is 2. The van der Waals surface area contributed by atoms with Crippen molar-refractivity contribution in [1.29, 1.82) is 0 Å². The van der Waals surface area contributed by atoms with Crippen LogP contribution in [0.5, 0.6) is 0 Å². The van der Waals surface area contributed by atoms with Gasteiger partial charge in [0.05, 0.1) is 12.0 Å². The number of amides is 1. The average Bonchev–Trinajstić information content (AvgIpc) is 2.99. The summed E-state index contributed by atoms with van der Waals surface area (Å²) in [6, 6.07) is 0. The fourth-order valence-electron chi connectivity index (χ4n) is 2.93. The summed E-state index contributed by atoms with van der Waals surface area (Å²) in [5, 5.41) is 6.36. The molecule has 1 saturated heterocycles. The Morgan fingerprint density at radius 1 is 1.00 bits per heavy atom. The molecule has 4 nitrogen and oxygen atoms in total. The predicted octanol–water partition coefficient (Wildman–Crippen LogP) is 3.26. The first-order valence-corrected chi connectivity index (χ1v) is 9.39. The van der Waals surface area contributed by atoms with E-state index in [1.165, 1.54) is 44.9 Å². The van der Waals surface area contributed by atoms with Crippen LogP contribution >= 0.6 is 0 Å². The van der Waals surface area contributed by atoms with Crippen molar-refractivity contribution in [2.45, 2.75) is 77.7 Å². The van der Waals surface area contributed by atoms with Gasteiger partial charge >= 0.3 is 0 Å². The maximum Gasteiger partial charge on any atom is 0.227 e. The van der Waals surface area contributed by atoms with E-state index >= 15 is 0 Å². The second kappa shape index (κ2) is 12.9. The lowest BCUT2D eigenvalue weighted by Gasteiger charge is -2.19. The van der Waals surface area contributed by atoms with E-state index in [2.05, 4.69) is 24.5 Å². The molecular weight excluding hydrogens is 276 g/mol. The summed E-state index contributed by atoms with van der Waals surface area (Å²) in [7, 11) is 0.